The minimum atomic E-state index is -4.59. The van der Waals surface area contributed by atoms with E-state index in [4.69, 9.17) is 14.3 Å². The number of rotatable bonds is 8. The van der Waals surface area contributed by atoms with Crippen LogP contribution in [0.2, 0.25) is 0 Å². The Kier molecular flexibility index (Phi) is 7.45. The molecule has 0 aliphatic heterocycles. The largest absolute Gasteiger partial charge is 0.487 e. The molecule has 6 nitrogen and oxygen atoms in total. The van der Waals surface area contributed by atoms with E-state index in [1.807, 2.05) is 0 Å². The zero-order valence-corrected chi connectivity index (χ0v) is 18.4. The number of ether oxygens (including phenoxy) is 1. The monoisotopic (exact) mass is 473 g/mol. The fourth-order valence-electron chi connectivity index (χ4n) is 3.20. The molecule has 178 valence electrons. The summed E-state index contributed by atoms with van der Waals surface area (Å²) in [6.07, 6.45) is -0.844. The molecule has 9 heteroatoms. The molecule has 0 atom stereocenters. The number of hydrogen-bond acceptors (Lipinski definition) is 4. The van der Waals surface area contributed by atoms with E-state index >= 15 is 0 Å². The van der Waals surface area contributed by atoms with Crippen LogP contribution in [0.5, 0.6) is 5.75 Å². The summed E-state index contributed by atoms with van der Waals surface area (Å²) in [5.74, 6) is -1.66. The summed E-state index contributed by atoms with van der Waals surface area (Å²) in [4.78, 5) is 25.0. The number of hydrogen-bond donors (Lipinski definition) is 1. The topological polar surface area (TPSA) is 80.0 Å². The summed E-state index contributed by atoms with van der Waals surface area (Å²) >= 11 is 0. The predicted octanol–water partition coefficient (Wildman–Crippen LogP) is 6.03. The molecule has 0 unspecified atom stereocenters. The summed E-state index contributed by atoms with van der Waals surface area (Å²) in [7, 11) is 0. The maximum absolute atomic E-state index is 13.4. The molecule has 0 saturated carbocycles. The van der Waals surface area contributed by atoms with Gasteiger partial charge < -0.3 is 14.3 Å². The second kappa shape index (κ2) is 10.3. The van der Waals surface area contributed by atoms with Crippen LogP contribution in [-0.2, 0) is 17.6 Å². The second-order valence-corrected chi connectivity index (χ2v) is 7.63. The van der Waals surface area contributed by atoms with E-state index in [0.29, 0.717) is 11.1 Å². The molecule has 0 aliphatic rings. The van der Waals surface area contributed by atoms with Crippen molar-refractivity contribution < 1.29 is 37.0 Å². The Morgan fingerprint density at radius 2 is 1.82 bits per heavy atom. The average Bonchev–Trinajstić information content (AvgIpc) is 3.32. The lowest BCUT2D eigenvalue weighted by atomic mass is 10.1. The van der Waals surface area contributed by atoms with E-state index in [1.165, 1.54) is 29.4 Å². The number of furan rings is 1. The summed E-state index contributed by atoms with van der Waals surface area (Å²) in [6, 6.07) is 12.2. The quantitative estimate of drug-likeness (QED) is 0.404. The second-order valence-electron chi connectivity index (χ2n) is 7.63. The predicted molar refractivity (Wildman–Crippen MR) is 120 cm³/mol. The Bertz CT molecular complexity index is 1170. The van der Waals surface area contributed by atoms with Crippen molar-refractivity contribution in [2.45, 2.75) is 32.7 Å². The van der Waals surface area contributed by atoms with E-state index in [1.54, 1.807) is 44.2 Å². The number of halogens is 3. The number of carbonyl (C=O) groups is 2. The lowest BCUT2D eigenvalue weighted by Gasteiger charge is -2.28. The highest BCUT2D eigenvalue weighted by Gasteiger charge is 2.33. The maximum atomic E-state index is 13.4. The van der Waals surface area contributed by atoms with Gasteiger partial charge in [-0.05, 0) is 61.4 Å². The lowest BCUT2D eigenvalue weighted by molar-refractivity contribution is -0.137. The van der Waals surface area contributed by atoms with Crippen LogP contribution in [0.1, 0.15) is 41.1 Å². The molecule has 0 fully saturated rings. The minimum Gasteiger partial charge on any atom is -0.487 e. The van der Waals surface area contributed by atoms with Gasteiger partial charge in [-0.3, -0.25) is 9.69 Å². The standard InChI is InChI=1S/C25H22F3NO5/c1-16(2)29(24(32)21-4-3-13-33-21)20-11-10-19(25(26,27)28)14-22(20)34-15-18-7-5-17(6-8-18)9-12-23(30)31/h3-14,16H,15H2,1-2H3,(H,30,31). The van der Waals surface area contributed by atoms with Gasteiger partial charge in [0.2, 0.25) is 0 Å². The van der Waals surface area contributed by atoms with Gasteiger partial charge in [0, 0.05) is 12.1 Å². The van der Waals surface area contributed by atoms with Crippen LogP contribution in [0.25, 0.3) is 6.08 Å². The molecule has 0 radical (unpaired) electrons. The Balaban J connectivity index is 1.92. The molecule has 1 N–H and O–H groups in total. The van der Waals surface area contributed by atoms with Crippen molar-refractivity contribution in [3.05, 3.63) is 89.4 Å². The van der Waals surface area contributed by atoms with Crippen LogP contribution in [0.4, 0.5) is 18.9 Å². The SMILES string of the molecule is CC(C)N(C(=O)c1ccco1)c1ccc(C(F)(F)F)cc1OCc1ccc(C=CC(=O)O)cc1. The summed E-state index contributed by atoms with van der Waals surface area (Å²) in [5, 5.41) is 8.71. The number of carboxylic acids is 1. The fraction of sp³-hybridized carbons (Fsp3) is 0.200. The molecule has 34 heavy (non-hydrogen) atoms. The van der Waals surface area contributed by atoms with Crippen LogP contribution >= 0.6 is 0 Å². The number of anilines is 1. The highest BCUT2D eigenvalue weighted by Crippen LogP contribution is 2.38. The van der Waals surface area contributed by atoms with Gasteiger partial charge in [0.25, 0.3) is 5.91 Å². The number of carboxylic acid groups (broad SMARTS) is 1. The molecule has 1 heterocycles. The van der Waals surface area contributed by atoms with Crippen LogP contribution in [0, 0.1) is 0 Å². The van der Waals surface area contributed by atoms with Crippen molar-refractivity contribution in [3.63, 3.8) is 0 Å². The Morgan fingerprint density at radius 1 is 1.12 bits per heavy atom. The first-order chi connectivity index (χ1) is 16.1. The molecular weight excluding hydrogens is 451 g/mol. The first-order valence-corrected chi connectivity index (χ1v) is 10.3. The zero-order chi connectivity index (χ0) is 24.9. The molecule has 0 bridgehead atoms. The Morgan fingerprint density at radius 3 is 2.38 bits per heavy atom. The zero-order valence-electron chi connectivity index (χ0n) is 18.4. The minimum absolute atomic E-state index is 0.0459. The molecule has 1 aromatic heterocycles. The average molecular weight is 473 g/mol. The molecule has 0 aliphatic carbocycles. The number of aliphatic carboxylic acids is 1. The van der Waals surface area contributed by atoms with E-state index in [-0.39, 0.29) is 23.8 Å². The third-order valence-electron chi connectivity index (χ3n) is 4.81. The van der Waals surface area contributed by atoms with E-state index in [9.17, 15) is 22.8 Å². The smallest absolute Gasteiger partial charge is 0.416 e. The Hall–Kier alpha value is -4.01. The van der Waals surface area contributed by atoms with Gasteiger partial charge in [-0.2, -0.15) is 13.2 Å². The number of alkyl halides is 3. The molecule has 0 spiro atoms. The maximum Gasteiger partial charge on any atom is 0.416 e. The summed E-state index contributed by atoms with van der Waals surface area (Å²) in [6.45, 7) is 3.38. The number of carbonyl (C=O) groups excluding carboxylic acids is 1. The van der Waals surface area contributed by atoms with Crippen molar-refractivity contribution in [3.8, 4) is 5.75 Å². The molecule has 3 aromatic rings. The highest BCUT2D eigenvalue weighted by molar-refractivity contribution is 6.05. The van der Waals surface area contributed by atoms with Gasteiger partial charge in [0.1, 0.15) is 12.4 Å². The van der Waals surface area contributed by atoms with Crippen molar-refractivity contribution in [1.29, 1.82) is 0 Å². The highest BCUT2D eigenvalue weighted by atomic mass is 19.4. The van der Waals surface area contributed by atoms with Crippen LogP contribution in [0.3, 0.4) is 0 Å². The van der Waals surface area contributed by atoms with Gasteiger partial charge >= 0.3 is 12.1 Å². The summed E-state index contributed by atoms with van der Waals surface area (Å²) in [5.41, 5.74) is 0.546. The third kappa shape index (κ3) is 6.06. The molecule has 1 amide bonds. The van der Waals surface area contributed by atoms with E-state index < -0.39 is 29.7 Å². The van der Waals surface area contributed by atoms with Gasteiger partial charge in [-0.1, -0.05) is 24.3 Å². The van der Waals surface area contributed by atoms with E-state index in [2.05, 4.69) is 0 Å². The summed E-state index contributed by atoms with van der Waals surface area (Å²) < 4.78 is 51.1. The normalized spacial score (nSPS) is 11.7. The van der Waals surface area contributed by atoms with Gasteiger partial charge in [0.15, 0.2) is 5.76 Å². The van der Waals surface area contributed by atoms with Gasteiger partial charge in [-0.15, -0.1) is 0 Å². The van der Waals surface area contributed by atoms with Crippen LogP contribution in [0.15, 0.2) is 71.4 Å². The van der Waals surface area contributed by atoms with Crippen molar-refractivity contribution >= 4 is 23.6 Å². The van der Waals surface area contributed by atoms with Crippen molar-refractivity contribution in [2.24, 2.45) is 0 Å². The van der Waals surface area contributed by atoms with Gasteiger partial charge in [-0.25, -0.2) is 4.79 Å². The van der Waals surface area contributed by atoms with Crippen LogP contribution < -0.4 is 9.64 Å². The van der Waals surface area contributed by atoms with E-state index in [0.717, 1.165) is 18.2 Å². The number of nitrogens with zero attached hydrogens (tertiary/aromatic N) is 1. The van der Waals surface area contributed by atoms with Gasteiger partial charge in [0.05, 0.1) is 17.5 Å². The number of amides is 1. The first-order valence-electron chi connectivity index (χ1n) is 10.3. The first kappa shape index (κ1) is 24.6. The third-order valence-corrected chi connectivity index (χ3v) is 4.81. The molecule has 0 saturated heterocycles. The molecule has 3 rings (SSSR count). The molecule has 2 aromatic carbocycles. The van der Waals surface area contributed by atoms with Crippen molar-refractivity contribution in [1.82, 2.24) is 0 Å². The number of benzene rings is 2. The lowest BCUT2D eigenvalue weighted by Crippen LogP contribution is -2.37. The fourth-order valence-corrected chi connectivity index (χ4v) is 3.20. The Labute approximate surface area is 193 Å². The van der Waals surface area contributed by atoms with Crippen LogP contribution in [-0.4, -0.2) is 23.0 Å². The van der Waals surface area contributed by atoms with Crippen molar-refractivity contribution in [2.75, 3.05) is 4.90 Å². The molecular formula is C25H22F3NO5.